The van der Waals surface area contributed by atoms with E-state index in [1.165, 1.54) is 18.1 Å². The first-order valence-corrected chi connectivity index (χ1v) is 14.2. The molecule has 0 spiro atoms. The molecule has 0 aromatic carbocycles. The fourth-order valence-electron chi connectivity index (χ4n) is 2.19. The van der Waals surface area contributed by atoms with Crippen LogP contribution in [0.5, 0.6) is 0 Å². The lowest BCUT2D eigenvalue weighted by atomic mass is 10.1. The molecule has 0 radical (unpaired) electrons. The predicted molar refractivity (Wildman–Crippen MR) is 100 cm³/mol. The van der Waals surface area contributed by atoms with Crippen molar-refractivity contribution in [2.24, 2.45) is 5.92 Å². The Balaban J connectivity index is 4.15. The third-order valence-corrected chi connectivity index (χ3v) is 14.7. The van der Waals surface area contributed by atoms with E-state index in [0.29, 0.717) is 11.0 Å². The Morgan fingerprint density at radius 3 is 1.76 bits per heavy atom. The Morgan fingerprint density at radius 2 is 1.38 bits per heavy atom. The molecule has 0 aromatic heterocycles. The average molecular weight is 333 g/mol. The first kappa shape index (κ1) is 21.4. The number of rotatable bonds is 10. The standard InChI is InChI=1S/C17H40O2Si2/c1-10-21(11-2,12-3)19-15-16(4)13-14-18-20(8,9)17(5,6)7/h16H,10-15H2,1-9H3/t16-/m1/s1. The van der Waals surface area contributed by atoms with Crippen molar-refractivity contribution in [3.63, 3.8) is 0 Å². The summed E-state index contributed by atoms with van der Waals surface area (Å²) in [5.41, 5.74) is 0. The molecular weight excluding hydrogens is 292 g/mol. The van der Waals surface area contributed by atoms with Gasteiger partial charge in [-0.05, 0) is 48.6 Å². The zero-order valence-electron chi connectivity index (χ0n) is 16.1. The molecular formula is C17H40O2Si2. The topological polar surface area (TPSA) is 18.5 Å². The van der Waals surface area contributed by atoms with Gasteiger partial charge in [-0.3, -0.25) is 0 Å². The molecule has 0 aliphatic heterocycles. The van der Waals surface area contributed by atoms with Gasteiger partial charge in [-0.25, -0.2) is 0 Å². The molecule has 0 aromatic rings. The van der Waals surface area contributed by atoms with E-state index in [9.17, 15) is 0 Å². The minimum atomic E-state index is -1.58. The Kier molecular flexibility index (Phi) is 9.00. The fourth-order valence-corrected chi connectivity index (χ4v) is 6.00. The Labute approximate surface area is 136 Å². The molecule has 0 saturated heterocycles. The molecule has 0 heterocycles. The number of hydrogen-bond acceptors (Lipinski definition) is 2. The monoisotopic (exact) mass is 332 g/mol. The molecule has 0 unspecified atom stereocenters. The van der Waals surface area contributed by atoms with Crippen molar-refractivity contribution in [2.45, 2.75) is 91.2 Å². The van der Waals surface area contributed by atoms with Gasteiger partial charge < -0.3 is 8.85 Å². The van der Waals surface area contributed by atoms with E-state index in [1.807, 2.05) is 0 Å². The van der Waals surface area contributed by atoms with Gasteiger partial charge in [0.1, 0.15) is 0 Å². The Bertz CT molecular complexity index is 273. The van der Waals surface area contributed by atoms with Crippen LogP contribution in [0.15, 0.2) is 0 Å². The highest BCUT2D eigenvalue weighted by Gasteiger charge is 2.37. The van der Waals surface area contributed by atoms with E-state index in [1.54, 1.807) is 0 Å². The molecule has 0 bridgehead atoms. The Morgan fingerprint density at radius 1 is 0.905 bits per heavy atom. The average Bonchev–Trinajstić information content (AvgIpc) is 2.39. The molecule has 1 atom stereocenters. The summed E-state index contributed by atoms with van der Waals surface area (Å²) in [6.07, 6.45) is 1.12. The van der Waals surface area contributed by atoms with Gasteiger partial charge >= 0.3 is 0 Å². The molecule has 21 heavy (non-hydrogen) atoms. The van der Waals surface area contributed by atoms with Gasteiger partial charge in [0.2, 0.25) is 0 Å². The van der Waals surface area contributed by atoms with Crippen LogP contribution in [0, 0.1) is 5.92 Å². The van der Waals surface area contributed by atoms with E-state index in [2.05, 4.69) is 61.6 Å². The van der Waals surface area contributed by atoms with E-state index < -0.39 is 16.6 Å². The fraction of sp³-hybridized carbons (Fsp3) is 1.00. The maximum atomic E-state index is 6.38. The third-order valence-electron chi connectivity index (χ3n) is 5.49. The summed E-state index contributed by atoms with van der Waals surface area (Å²) >= 11 is 0. The molecule has 0 amide bonds. The first-order valence-electron chi connectivity index (χ1n) is 8.81. The van der Waals surface area contributed by atoms with Crippen molar-refractivity contribution >= 4 is 16.6 Å². The molecule has 128 valence electrons. The highest BCUT2D eigenvalue weighted by molar-refractivity contribution is 6.74. The van der Waals surface area contributed by atoms with E-state index in [-0.39, 0.29) is 0 Å². The lowest BCUT2D eigenvalue weighted by Gasteiger charge is -2.36. The van der Waals surface area contributed by atoms with Gasteiger partial charge in [-0.15, -0.1) is 0 Å². The van der Waals surface area contributed by atoms with Gasteiger partial charge in [-0.1, -0.05) is 48.5 Å². The van der Waals surface area contributed by atoms with Crippen LogP contribution >= 0.6 is 0 Å². The molecule has 0 saturated carbocycles. The lowest BCUT2D eigenvalue weighted by Crippen LogP contribution is -2.41. The summed E-state index contributed by atoms with van der Waals surface area (Å²) in [7, 11) is -3.00. The summed E-state index contributed by atoms with van der Waals surface area (Å²) < 4.78 is 12.7. The quantitative estimate of drug-likeness (QED) is 0.453. The molecule has 4 heteroatoms. The molecule has 0 rings (SSSR count). The molecule has 0 N–H and O–H groups in total. The second-order valence-corrected chi connectivity index (χ2v) is 17.6. The molecule has 0 fully saturated rings. The van der Waals surface area contributed by atoms with E-state index in [4.69, 9.17) is 8.85 Å². The van der Waals surface area contributed by atoms with Crippen LogP contribution in [0.4, 0.5) is 0 Å². The van der Waals surface area contributed by atoms with Gasteiger partial charge in [0.25, 0.3) is 0 Å². The largest absolute Gasteiger partial charge is 0.417 e. The molecule has 2 nitrogen and oxygen atoms in total. The molecule has 0 aliphatic carbocycles. The SMILES string of the molecule is CC[Si](CC)(CC)OC[C@H](C)CCO[Si](C)(C)C(C)(C)C. The second-order valence-electron chi connectivity index (χ2n) is 8.06. The van der Waals surface area contributed by atoms with Crippen molar-refractivity contribution in [3.8, 4) is 0 Å². The van der Waals surface area contributed by atoms with Crippen LogP contribution in [0.1, 0.15) is 54.9 Å². The van der Waals surface area contributed by atoms with Gasteiger partial charge in [0.15, 0.2) is 16.6 Å². The number of hydrogen-bond donors (Lipinski definition) is 0. The van der Waals surface area contributed by atoms with Crippen molar-refractivity contribution < 1.29 is 8.85 Å². The van der Waals surface area contributed by atoms with Gasteiger partial charge in [0, 0.05) is 13.2 Å². The molecule has 0 aliphatic rings. The minimum absolute atomic E-state index is 0.307. The van der Waals surface area contributed by atoms with Crippen molar-refractivity contribution in [2.75, 3.05) is 13.2 Å². The zero-order valence-corrected chi connectivity index (χ0v) is 18.1. The zero-order chi connectivity index (χ0) is 16.7. The van der Waals surface area contributed by atoms with Crippen molar-refractivity contribution in [3.05, 3.63) is 0 Å². The predicted octanol–water partition coefficient (Wildman–Crippen LogP) is 6.06. The summed E-state index contributed by atoms with van der Waals surface area (Å²) in [6.45, 7) is 22.6. The summed E-state index contributed by atoms with van der Waals surface area (Å²) in [6, 6.07) is 3.73. The van der Waals surface area contributed by atoms with E-state index in [0.717, 1.165) is 19.6 Å². The minimum Gasteiger partial charge on any atom is -0.417 e. The summed E-state index contributed by atoms with van der Waals surface area (Å²) in [4.78, 5) is 0. The van der Waals surface area contributed by atoms with Crippen LogP contribution in [0.25, 0.3) is 0 Å². The highest BCUT2D eigenvalue weighted by Crippen LogP contribution is 2.36. The van der Waals surface area contributed by atoms with Crippen LogP contribution in [0.3, 0.4) is 0 Å². The van der Waals surface area contributed by atoms with Crippen molar-refractivity contribution in [1.29, 1.82) is 0 Å². The van der Waals surface area contributed by atoms with Crippen LogP contribution < -0.4 is 0 Å². The first-order chi connectivity index (χ1) is 9.53. The van der Waals surface area contributed by atoms with Crippen LogP contribution in [-0.4, -0.2) is 29.8 Å². The third kappa shape index (κ3) is 6.97. The summed E-state index contributed by atoms with van der Waals surface area (Å²) in [5.74, 6) is 0.603. The smallest absolute Gasteiger partial charge is 0.191 e. The van der Waals surface area contributed by atoms with Crippen LogP contribution in [-0.2, 0) is 8.85 Å². The highest BCUT2D eigenvalue weighted by atomic mass is 28.4. The maximum absolute atomic E-state index is 6.38. The Hall–Kier alpha value is 0.354. The van der Waals surface area contributed by atoms with Gasteiger partial charge in [0.05, 0.1) is 0 Å². The summed E-state index contributed by atoms with van der Waals surface area (Å²) in [5, 5.41) is 0.307. The van der Waals surface area contributed by atoms with Gasteiger partial charge in [-0.2, -0.15) is 0 Å². The van der Waals surface area contributed by atoms with Crippen molar-refractivity contribution in [1.82, 2.24) is 0 Å². The second kappa shape index (κ2) is 8.85. The van der Waals surface area contributed by atoms with E-state index >= 15 is 0 Å². The normalized spacial score (nSPS) is 15.3. The van der Waals surface area contributed by atoms with Crippen LogP contribution in [0.2, 0.25) is 36.3 Å². The lowest BCUT2D eigenvalue weighted by molar-refractivity contribution is 0.201. The maximum Gasteiger partial charge on any atom is 0.191 e.